The molecule has 0 radical (unpaired) electrons. The molecular formula is C22H20N6O3. The number of rotatable bonds is 3. The topological polar surface area (TPSA) is 100 Å². The molecule has 9 nitrogen and oxygen atoms in total. The first kappa shape index (κ1) is 19.1. The molecule has 0 saturated carbocycles. The fraction of sp³-hybridized carbons (Fsp3) is 0.273. The molecule has 1 atom stereocenters. The van der Waals surface area contributed by atoms with E-state index < -0.39 is 11.9 Å². The van der Waals surface area contributed by atoms with Gasteiger partial charge in [-0.1, -0.05) is 12.1 Å². The molecule has 1 aromatic carbocycles. The van der Waals surface area contributed by atoms with Crippen molar-refractivity contribution < 1.29 is 14.4 Å². The van der Waals surface area contributed by atoms with Crippen molar-refractivity contribution in [1.29, 1.82) is 0 Å². The summed E-state index contributed by atoms with van der Waals surface area (Å²) in [5.41, 5.74) is 1.39. The van der Waals surface area contributed by atoms with Gasteiger partial charge < -0.3 is 4.90 Å². The smallest absolute Gasteiger partial charge is 0.338 e. The number of carbonyl (C=O) groups is 3. The first-order chi connectivity index (χ1) is 15.1. The van der Waals surface area contributed by atoms with Gasteiger partial charge in [0.2, 0.25) is 5.91 Å². The summed E-state index contributed by atoms with van der Waals surface area (Å²) in [5.74, 6) is -0.723. The molecule has 3 aliphatic heterocycles. The van der Waals surface area contributed by atoms with Gasteiger partial charge in [-0.15, -0.1) is 0 Å². The number of aromatic nitrogens is 2. The van der Waals surface area contributed by atoms with E-state index in [9.17, 15) is 14.4 Å². The van der Waals surface area contributed by atoms with Crippen LogP contribution in [0.3, 0.4) is 0 Å². The highest BCUT2D eigenvalue weighted by atomic mass is 16.2. The second kappa shape index (κ2) is 7.75. The minimum absolute atomic E-state index is 0.0754. The third kappa shape index (κ3) is 3.48. The Kier molecular flexibility index (Phi) is 4.78. The Balaban J connectivity index is 1.27. The van der Waals surface area contributed by atoms with E-state index in [0.29, 0.717) is 31.5 Å². The van der Waals surface area contributed by atoms with E-state index in [1.54, 1.807) is 34.0 Å². The number of fused-ring (bicyclic) bond motifs is 1. The predicted molar refractivity (Wildman–Crippen MR) is 113 cm³/mol. The Bertz CT molecular complexity index is 1130. The van der Waals surface area contributed by atoms with Gasteiger partial charge in [-0.2, -0.15) is 10.1 Å². The molecule has 0 spiro atoms. The standard InChI is InChI=1S/C22H20N6O3/c29-20(15-4-1-5-17(14-15)27-11-3-10-24-27)26-12-7-16(8-13-26)28-21(30)18-6-2-9-23-19(18)25-22(28)31/h1-6,9-11,14,16,18H,7-8,12-13H2. The van der Waals surface area contributed by atoms with E-state index in [1.165, 1.54) is 11.1 Å². The van der Waals surface area contributed by atoms with Gasteiger partial charge in [0.1, 0.15) is 11.8 Å². The van der Waals surface area contributed by atoms with Crippen LogP contribution in [0.2, 0.25) is 0 Å². The number of nitrogens with zero attached hydrogens (tertiary/aromatic N) is 6. The van der Waals surface area contributed by atoms with Crippen molar-refractivity contribution in [3.8, 4) is 5.69 Å². The number of hydrogen-bond acceptors (Lipinski definition) is 5. The summed E-state index contributed by atoms with van der Waals surface area (Å²) in [6.45, 7) is 0.920. The van der Waals surface area contributed by atoms with Crippen molar-refractivity contribution in [3.63, 3.8) is 0 Å². The highest BCUT2D eigenvalue weighted by molar-refractivity contribution is 6.19. The van der Waals surface area contributed by atoms with Crippen molar-refractivity contribution >= 4 is 29.9 Å². The third-order valence-corrected chi connectivity index (χ3v) is 5.77. The van der Waals surface area contributed by atoms with Crippen molar-refractivity contribution in [3.05, 3.63) is 60.4 Å². The number of piperidine rings is 1. The number of dihydropyridines is 1. The molecule has 31 heavy (non-hydrogen) atoms. The molecule has 1 saturated heterocycles. The van der Waals surface area contributed by atoms with Gasteiger partial charge in [0.25, 0.3) is 5.91 Å². The zero-order valence-electron chi connectivity index (χ0n) is 16.7. The fourth-order valence-electron chi connectivity index (χ4n) is 4.18. The number of likely N-dealkylation sites (tertiary alicyclic amines) is 1. The quantitative estimate of drug-likeness (QED) is 0.765. The minimum atomic E-state index is -0.604. The second-order valence-corrected chi connectivity index (χ2v) is 7.63. The predicted octanol–water partition coefficient (Wildman–Crippen LogP) is 2.09. The lowest BCUT2D eigenvalue weighted by Gasteiger charge is -2.39. The fourth-order valence-corrected chi connectivity index (χ4v) is 4.18. The molecule has 4 amide bonds. The zero-order chi connectivity index (χ0) is 21.4. The second-order valence-electron chi connectivity index (χ2n) is 7.63. The molecule has 1 fully saturated rings. The average Bonchev–Trinajstić information content (AvgIpc) is 3.34. The van der Waals surface area contributed by atoms with Crippen molar-refractivity contribution in [1.82, 2.24) is 19.6 Å². The summed E-state index contributed by atoms with van der Waals surface area (Å²) in [7, 11) is 0. The molecule has 0 bridgehead atoms. The van der Waals surface area contributed by atoms with E-state index in [1.807, 2.05) is 30.5 Å². The Morgan fingerprint density at radius 1 is 1.10 bits per heavy atom. The van der Waals surface area contributed by atoms with Gasteiger partial charge in [-0.05, 0) is 43.2 Å². The van der Waals surface area contributed by atoms with Gasteiger partial charge >= 0.3 is 6.03 Å². The van der Waals surface area contributed by atoms with Gasteiger partial charge in [0.15, 0.2) is 0 Å². The van der Waals surface area contributed by atoms with E-state index in [4.69, 9.17) is 0 Å². The maximum atomic E-state index is 13.0. The Hall–Kier alpha value is -3.88. The number of amides is 4. The lowest BCUT2D eigenvalue weighted by Crippen LogP contribution is -2.54. The van der Waals surface area contributed by atoms with Crippen LogP contribution in [0.5, 0.6) is 0 Å². The number of benzene rings is 1. The van der Waals surface area contributed by atoms with Crippen LogP contribution in [0.1, 0.15) is 23.2 Å². The summed E-state index contributed by atoms with van der Waals surface area (Å²) >= 11 is 0. The molecule has 3 aliphatic rings. The zero-order valence-corrected chi connectivity index (χ0v) is 16.7. The molecule has 0 aliphatic carbocycles. The highest BCUT2D eigenvalue weighted by Crippen LogP contribution is 2.26. The molecular weight excluding hydrogens is 396 g/mol. The van der Waals surface area contributed by atoms with E-state index >= 15 is 0 Å². The van der Waals surface area contributed by atoms with Crippen LogP contribution in [0.15, 0.2) is 64.9 Å². The lowest BCUT2D eigenvalue weighted by atomic mass is 9.97. The summed E-state index contributed by atoms with van der Waals surface area (Å²) in [6, 6.07) is 8.30. The molecule has 156 valence electrons. The van der Waals surface area contributed by atoms with Crippen LogP contribution in [0, 0.1) is 5.92 Å². The summed E-state index contributed by atoms with van der Waals surface area (Å²) < 4.78 is 1.70. The van der Waals surface area contributed by atoms with Gasteiger partial charge in [0.05, 0.1) is 5.69 Å². The number of carbonyl (C=O) groups excluding carboxylic acids is 3. The number of imide groups is 1. The normalized spacial score (nSPS) is 21.3. The van der Waals surface area contributed by atoms with Crippen molar-refractivity contribution in [2.45, 2.75) is 18.9 Å². The number of amidine groups is 1. The first-order valence-electron chi connectivity index (χ1n) is 10.2. The highest BCUT2D eigenvalue weighted by Gasteiger charge is 2.41. The van der Waals surface area contributed by atoms with Crippen LogP contribution < -0.4 is 0 Å². The van der Waals surface area contributed by atoms with Crippen LogP contribution >= 0.6 is 0 Å². The third-order valence-electron chi connectivity index (χ3n) is 5.77. The SMILES string of the molecule is O=C(c1cccc(-n2cccn2)c1)N1CCC(N2C(=O)N=C3N=CC=CC3C2=O)CC1. The summed E-state index contributed by atoms with van der Waals surface area (Å²) in [6.07, 6.45) is 9.47. The average molecular weight is 416 g/mol. The molecule has 5 rings (SSSR count). The summed E-state index contributed by atoms with van der Waals surface area (Å²) in [4.78, 5) is 49.4. The van der Waals surface area contributed by atoms with Gasteiger partial charge in [-0.25, -0.2) is 14.5 Å². The van der Waals surface area contributed by atoms with Crippen LogP contribution in [0.4, 0.5) is 4.79 Å². The molecule has 2 aromatic rings. The lowest BCUT2D eigenvalue weighted by molar-refractivity contribution is -0.131. The maximum absolute atomic E-state index is 13.0. The Morgan fingerprint density at radius 3 is 2.71 bits per heavy atom. The molecule has 1 unspecified atom stereocenters. The van der Waals surface area contributed by atoms with Gasteiger partial charge in [-0.3, -0.25) is 14.5 Å². The van der Waals surface area contributed by atoms with E-state index in [2.05, 4.69) is 15.1 Å². The van der Waals surface area contributed by atoms with Crippen molar-refractivity contribution in [2.24, 2.45) is 15.9 Å². The first-order valence-corrected chi connectivity index (χ1v) is 10.2. The monoisotopic (exact) mass is 416 g/mol. The van der Waals surface area contributed by atoms with Crippen LogP contribution in [-0.2, 0) is 4.79 Å². The Labute approximate surface area is 178 Å². The van der Waals surface area contributed by atoms with E-state index in [0.717, 1.165) is 5.69 Å². The number of hydrogen-bond donors (Lipinski definition) is 0. The minimum Gasteiger partial charge on any atom is -0.338 e. The molecule has 4 heterocycles. The molecule has 0 N–H and O–H groups in total. The largest absolute Gasteiger partial charge is 0.352 e. The van der Waals surface area contributed by atoms with Crippen molar-refractivity contribution in [2.75, 3.05) is 13.1 Å². The number of allylic oxidation sites excluding steroid dienone is 1. The molecule has 1 aromatic heterocycles. The van der Waals surface area contributed by atoms with Gasteiger partial charge in [0, 0.05) is 43.3 Å². The summed E-state index contributed by atoms with van der Waals surface area (Å²) in [5, 5.41) is 4.20. The van der Waals surface area contributed by atoms with Crippen LogP contribution in [0.25, 0.3) is 5.69 Å². The maximum Gasteiger partial charge on any atom is 0.352 e. The Morgan fingerprint density at radius 2 is 1.94 bits per heavy atom. The molecule has 9 heteroatoms. The number of urea groups is 1. The van der Waals surface area contributed by atoms with E-state index in [-0.39, 0.29) is 23.7 Å². The number of aliphatic imine (C=N–C) groups is 2. The van der Waals surface area contributed by atoms with Crippen LogP contribution in [-0.4, -0.2) is 68.6 Å².